The van der Waals surface area contributed by atoms with Crippen LogP contribution < -0.4 is 5.32 Å². The van der Waals surface area contributed by atoms with Crippen LogP contribution in [0.2, 0.25) is 0 Å². The molecule has 5 heteroatoms. The van der Waals surface area contributed by atoms with E-state index in [4.69, 9.17) is 0 Å². The van der Waals surface area contributed by atoms with Crippen molar-refractivity contribution in [1.29, 1.82) is 0 Å². The Balaban J connectivity index is 1.87. The van der Waals surface area contributed by atoms with Gasteiger partial charge in [0.15, 0.2) is 5.82 Å². The fourth-order valence-electron chi connectivity index (χ4n) is 3.34. The Kier molecular flexibility index (Phi) is 3.11. The lowest BCUT2D eigenvalue weighted by Gasteiger charge is -2.39. The average Bonchev–Trinajstić information content (AvgIpc) is 2.95. The summed E-state index contributed by atoms with van der Waals surface area (Å²) < 4.78 is 1.91. The number of fused-ring (bicyclic) bond motifs is 1. The minimum absolute atomic E-state index is 0.320. The van der Waals surface area contributed by atoms with Crippen LogP contribution in [-0.4, -0.2) is 26.8 Å². The molecule has 5 nitrogen and oxygen atoms in total. The minimum Gasteiger partial charge on any atom is -0.357 e. The minimum atomic E-state index is 0.320. The first-order valence-electron chi connectivity index (χ1n) is 8.11. The molecule has 3 aromatic rings. The number of benzene rings is 1. The molecule has 1 saturated carbocycles. The molecule has 0 radical (unpaired) electrons. The predicted octanol–water partition coefficient (Wildman–Crippen LogP) is 3.61. The second kappa shape index (κ2) is 5.05. The van der Waals surface area contributed by atoms with E-state index in [1.807, 2.05) is 30.9 Å². The fourth-order valence-corrected chi connectivity index (χ4v) is 3.34. The summed E-state index contributed by atoms with van der Waals surface area (Å²) >= 11 is 0. The monoisotopic (exact) mass is 307 g/mol. The van der Waals surface area contributed by atoms with Crippen molar-refractivity contribution in [2.24, 2.45) is 0 Å². The second-order valence-corrected chi connectivity index (χ2v) is 6.69. The summed E-state index contributed by atoms with van der Waals surface area (Å²) in [7, 11) is 1.83. The molecule has 23 heavy (non-hydrogen) atoms. The van der Waals surface area contributed by atoms with E-state index in [0.717, 1.165) is 22.4 Å². The molecule has 0 bridgehead atoms. The molecule has 2 aromatic heterocycles. The molecular formula is C18H21N5. The molecule has 1 N–H and O–H groups in total. The molecule has 0 spiro atoms. The smallest absolute Gasteiger partial charge is 0.224 e. The Morgan fingerprint density at radius 2 is 2.00 bits per heavy atom. The van der Waals surface area contributed by atoms with Gasteiger partial charge in [0.2, 0.25) is 5.95 Å². The van der Waals surface area contributed by atoms with E-state index in [9.17, 15) is 0 Å². The summed E-state index contributed by atoms with van der Waals surface area (Å²) in [4.78, 5) is 8.91. The molecule has 0 aliphatic heterocycles. The van der Waals surface area contributed by atoms with Gasteiger partial charge >= 0.3 is 0 Å². The second-order valence-electron chi connectivity index (χ2n) is 6.69. The van der Waals surface area contributed by atoms with Crippen LogP contribution in [0.3, 0.4) is 0 Å². The summed E-state index contributed by atoms with van der Waals surface area (Å²) in [5, 5.41) is 8.69. The van der Waals surface area contributed by atoms with Gasteiger partial charge in [0.1, 0.15) is 0 Å². The Bertz CT molecular complexity index is 876. The number of hydrogen-bond donors (Lipinski definition) is 1. The summed E-state index contributed by atoms with van der Waals surface area (Å²) in [6, 6.07) is 8.66. The number of anilines is 1. The summed E-state index contributed by atoms with van der Waals surface area (Å²) in [5.41, 5.74) is 3.75. The van der Waals surface area contributed by atoms with E-state index in [2.05, 4.69) is 45.5 Å². The van der Waals surface area contributed by atoms with E-state index >= 15 is 0 Å². The highest BCUT2D eigenvalue weighted by atomic mass is 15.3. The molecule has 1 aromatic carbocycles. The maximum Gasteiger partial charge on any atom is 0.224 e. The van der Waals surface area contributed by atoms with Crippen LogP contribution in [-0.2, 0) is 5.41 Å². The Labute approximate surface area is 135 Å². The van der Waals surface area contributed by atoms with Gasteiger partial charge in [-0.3, -0.25) is 0 Å². The Morgan fingerprint density at radius 3 is 2.70 bits per heavy atom. The zero-order chi connectivity index (χ0) is 16.0. The van der Waals surface area contributed by atoms with Gasteiger partial charge in [-0.2, -0.15) is 10.1 Å². The Hall–Kier alpha value is -2.43. The lowest BCUT2D eigenvalue weighted by molar-refractivity contribution is 0.272. The summed E-state index contributed by atoms with van der Waals surface area (Å²) in [5.74, 6) is 1.42. The largest absolute Gasteiger partial charge is 0.357 e. The van der Waals surface area contributed by atoms with Gasteiger partial charge in [-0.1, -0.05) is 25.5 Å². The molecule has 0 amide bonds. The molecule has 0 unspecified atom stereocenters. The molecular weight excluding hydrogens is 286 g/mol. The van der Waals surface area contributed by atoms with Crippen LogP contribution in [0.15, 0.2) is 30.5 Å². The SMILES string of the molecule is CNc1nc(C)cc(-n2ncc3ccc(C4(C)CCC4)cc32)n1. The molecule has 2 heterocycles. The van der Waals surface area contributed by atoms with E-state index in [1.54, 1.807) is 0 Å². The fraction of sp³-hybridized carbons (Fsp3) is 0.389. The third-order valence-electron chi connectivity index (χ3n) is 5.01. The lowest BCUT2D eigenvalue weighted by Crippen LogP contribution is -2.30. The van der Waals surface area contributed by atoms with Gasteiger partial charge in [-0.05, 0) is 36.8 Å². The zero-order valence-corrected chi connectivity index (χ0v) is 13.8. The van der Waals surface area contributed by atoms with Gasteiger partial charge < -0.3 is 5.32 Å². The maximum absolute atomic E-state index is 4.55. The van der Waals surface area contributed by atoms with E-state index in [0.29, 0.717) is 11.4 Å². The standard InChI is InChI=1S/C18H21N5/c1-12-9-16(22-17(19-3)21-12)23-15-10-14(18(2)7-4-8-18)6-5-13(15)11-20-23/h5-6,9-11H,4,7-8H2,1-3H3,(H,19,21,22). The van der Waals surface area contributed by atoms with Crippen LogP contribution in [0.25, 0.3) is 16.7 Å². The molecule has 4 rings (SSSR count). The summed E-state index contributed by atoms with van der Waals surface area (Å²) in [6.45, 7) is 4.32. The predicted molar refractivity (Wildman–Crippen MR) is 92.1 cm³/mol. The summed E-state index contributed by atoms with van der Waals surface area (Å²) in [6.07, 6.45) is 5.76. The zero-order valence-electron chi connectivity index (χ0n) is 13.8. The third kappa shape index (κ3) is 2.27. The van der Waals surface area contributed by atoms with Crippen LogP contribution >= 0.6 is 0 Å². The molecule has 0 saturated heterocycles. The van der Waals surface area contributed by atoms with Crippen molar-refractivity contribution in [2.45, 2.75) is 38.5 Å². The normalized spacial score (nSPS) is 16.3. The molecule has 1 fully saturated rings. The number of aromatic nitrogens is 4. The first-order chi connectivity index (χ1) is 11.1. The highest BCUT2D eigenvalue weighted by Crippen LogP contribution is 2.43. The van der Waals surface area contributed by atoms with Crippen molar-refractivity contribution < 1.29 is 0 Å². The van der Waals surface area contributed by atoms with Crippen LogP contribution in [0.1, 0.15) is 37.4 Å². The number of rotatable bonds is 3. The number of nitrogens with one attached hydrogen (secondary N) is 1. The number of aryl methyl sites for hydroxylation is 1. The van der Waals surface area contributed by atoms with Crippen LogP contribution in [0, 0.1) is 6.92 Å². The first kappa shape index (κ1) is 14.2. The number of hydrogen-bond acceptors (Lipinski definition) is 4. The Morgan fingerprint density at radius 1 is 1.17 bits per heavy atom. The quantitative estimate of drug-likeness (QED) is 0.803. The van der Waals surface area contributed by atoms with Crippen molar-refractivity contribution in [3.05, 3.63) is 41.7 Å². The highest BCUT2D eigenvalue weighted by molar-refractivity contribution is 5.81. The van der Waals surface area contributed by atoms with Crippen molar-refractivity contribution in [2.75, 3.05) is 12.4 Å². The van der Waals surface area contributed by atoms with Gasteiger partial charge in [-0.15, -0.1) is 0 Å². The van der Waals surface area contributed by atoms with Crippen LogP contribution in [0.4, 0.5) is 5.95 Å². The van der Waals surface area contributed by atoms with E-state index in [-0.39, 0.29) is 0 Å². The van der Waals surface area contributed by atoms with Crippen molar-refractivity contribution in [3.8, 4) is 5.82 Å². The van der Waals surface area contributed by atoms with Crippen molar-refractivity contribution in [1.82, 2.24) is 19.7 Å². The van der Waals surface area contributed by atoms with E-state index in [1.165, 1.54) is 24.8 Å². The third-order valence-corrected chi connectivity index (χ3v) is 5.01. The van der Waals surface area contributed by atoms with Gasteiger partial charge in [0.25, 0.3) is 0 Å². The topological polar surface area (TPSA) is 55.6 Å². The maximum atomic E-state index is 4.55. The van der Waals surface area contributed by atoms with Gasteiger partial charge in [0.05, 0.1) is 11.7 Å². The van der Waals surface area contributed by atoms with E-state index < -0.39 is 0 Å². The first-order valence-corrected chi connectivity index (χ1v) is 8.11. The van der Waals surface area contributed by atoms with Crippen LogP contribution in [0.5, 0.6) is 0 Å². The van der Waals surface area contributed by atoms with Crippen molar-refractivity contribution >= 4 is 16.9 Å². The number of nitrogens with zero attached hydrogens (tertiary/aromatic N) is 4. The van der Waals surface area contributed by atoms with Gasteiger partial charge in [0, 0.05) is 24.2 Å². The van der Waals surface area contributed by atoms with Gasteiger partial charge in [-0.25, -0.2) is 9.67 Å². The molecule has 1 aliphatic carbocycles. The molecule has 0 atom stereocenters. The van der Waals surface area contributed by atoms with Crippen molar-refractivity contribution in [3.63, 3.8) is 0 Å². The molecule has 118 valence electrons. The average molecular weight is 307 g/mol. The highest BCUT2D eigenvalue weighted by Gasteiger charge is 2.33. The lowest BCUT2D eigenvalue weighted by atomic mass is 9.66. The molecule has 1 aliphatic rings.